The number of hydrogen-bond donors (Lipinski definition) is 2. The topological polar surface area (TPSA) is 92.6 Å². The number of nitrogens with zero attached hydrogens (tertiary/aromatic N) is 4. The number of anilines is 2. The Labute approximate surface area is 198 Å². The number of nitrogens with one attached hydrogen (secondary N) is 1. The van der Waals surface area contributed by atoms with E-state index < -0.39 is 0 Å². The molecule has 0 amide bonds. The summed E-state index contributed by atoms with van der Waals surface area (Å²) in [5.41, 5.74) is 1.11. The van der Waals surface area contributed by atoms with Crippen LogP contribution in [0, 0.1) is 5.41 Å². The molecular weight excluding hydrogens is 438 g/mol. The van der Waals surface area contributed by atoms with Crippen LogP contribution in [0.15, 0.2) is 28.4 Å². The smallest absolute Gasteiger partial charge is 0.175 e. The van der Waals surface area contributed by atoms with Crippen molar-refractivity contribution in [2.45, 2.75) is 73.6 Å². The van der Waals surface area contributed by atoms with Crippen molar-refractivity contribution in [3.8, 4) is 5.75 Å². The fourth-order valence-corrected chi connectivity index (χ4v) is 6.31. The molecule has 8 nitrogen and oxygen atoms in total. The number of piperidine rings is 1. The van der Waals surface area contributed by atoms with Crippen LogP contribution < -0.4 is 15.0 Å². The van der Waals surface area contributed by atoms with Crippen LogP contribution >= 0.6 is 11.8 Å². The van der Waals surface area contributed by atoms with Gasteiger partial charge in [0.05, 0.1) is 37.0 Å². The molecule has 1 atom stereocenters. The third kappa shape index (κ3) is 4.15. The molecule has 0 bridgehead atoms. The molecule has 3 fully saturated rings. The van der Waals surface area contributed by atoms with Gasteiger partial charge in [0.2, 0.25) is 0 Å². The highest BCUT2D eigenvalue weighted by Crippen LogP contribution is 2.48. The highest BCUT2D eigenvalue weighted by molar-refractivity contribution is 7.99. The lowest BCUT2D eigenvalue weighted by molar-refractivity contribution is 0.0975. The van der Waals surface area contributed by atoms with E-state index >= 15 is 0 Å². The zero-order valence-electron chi connectivity index (χ0n) is 19.0. The Morgan fingerprint density at radius 3 is 2.79 bits per heavy atom. The molecule has 0 unspecified atom stereocenters. The number of pyridine rings is 1. The Hall–Kier alpha value is -2.10. The van der Waals surface area contributed by atoms with Crippen LogP contribution in [0.1, 0.15) is 51.1 Å². The van der Waals surface area contributed by atoms with Crippen molar-refractivity contribution in [3.63, 3.8) is 0 Å². The lowest BCUT2D eigenvalue weighted by Crippen LogP contribution is -2.41. The fraction of sp³-hybridized carbons (Fsp3) is 0.625. The molecule has 1 saturated carbocycles. The summed E-state index contributed by atoms with van der Waals surface area (Å²) in [5.74, 6) is 2.40. The van der Waals surface area contributed by atoms with Crippen LogP contribution in [-0.4, -0.2) is 58.0 Å². The van der Waals surface area contributed by atoms with Crippen LogP contribution in [0.2, 0.25) is 0 Å². The Bertz CT molecular complexity index is 1040. The van der Waals surface area contributed by atoms with E-state index in [0.29, 0.717) is 23.8 Å². The first kappa shape index (κ1) is 21.4. The van der Waals surface area contributed by atoms with Gasteiger partial charge in [-0.15, -0.1) is 0 Å². The second-order valence-corrected chi connectivity index (χ2v) is 11.1. The summed E-state index contributed by atoms with van der Waals surface area (Å²) in [7, 11) is 0. The van der Waals surface area contributed by atoms with E-state index in [1.54, 1.807) is 0 Å². The third-order valence-electron chi connectivity index (χ3n) is 7.62. The average Bonchev–Trinajstić information content (AvgIpc) is 3.54. The zero-order chi connectivity index (χ0) is 22.5. The SMILES string of the molecule is C[C@H]1CC2(CCN(c3ncc(Sc4ccnc5c4OCCC4(CC4)N5)nc3CO)CC2)CO1. The van der Waals surface area contributed by atoms with Crippen molar-refractivity contribution in [3.05, 3.63) is 24.2 Å². The van der Waals surface area contributed by atoms with E-state index in [9.17, 15) is 5.11 Å². The van der Waals surface area contributed by atoms with Gasteiger partial charge in [-0.1, -0.05) is 11.8 Å². The molecule has 6 rings (SSSR count). The fourth-order valence-electron chi connectivity index (χ4n) is 5.45. The number of aliphatic hydroxyl groups is 1. The Morgan fingerprint density at radius 2 is 2.06 bits per heavy atom. The zero-order valence-corrected chi connectivity index (χ0v) is 19.9. The molecule has 2 aromatic heterocycles. The molecule has 0 aromatic carbocycles. The van der Waals surface area contributed by atoms with E-state index in [1.165, 1.54) is 24.6 Å². The van der Waals surface area contributed by atoms with Crippen LogP contribution in [-0.2, 0) is 11.3 Å². The minimum Gasteiger partial charge on any atom is -0.488 e. The number of hydrogen-bond acceptors (Lipinski definition) is 9. The van der Waals surface area contributed by atoms with Gasteiger partial charge in [-0.2, -0.15) is 0 Å². The second-order valence-electron chi connectivity index (χ2n) is 10.0. The Morgan fingerprint density at radius 1 is 1.21 bits per heavy atom. The van der Waals surface area contributed by atoms with Crippen molar-refractivity contribution >= 4 is 23.4 Å². The van der Waals surface area contributed by atoms with E-state index in [1.807, 2.05) is 18.5 Å². The van der Waals surface area contributed by atoms with Crippen molar-refractivity contribution < 1.29 is 14.6 Å². The number of aliphatic hydroxyl groups excluding tert-OH is 1. The highest BCUT2D eigenvalue weighted by atomic mass is 32.2. The highest BCUT2D eigenvalue weighted by Gasteiger charge is 2.45. The summed E-state index contributed by atoms with van der Waals surface area (Å²) in [6.45, 7) is 5.43. The first-order valence-corrected chi connectivity index (χ1v) is 12.8. The molecule has 3 aliphatic heterocycles. The van der Waals surface area contributed by atoms with Crippen molar-refractivity contribution in [1.29, 1.82) is 0 Å². The van der Waals surface area contributed by atoms with Crippen LogP contribution in [0.25, 0.3) is 0 Å². The molecule has 2 spiro atoms. The van der Waals surface area contributed by atoms with Gasteiger partial charge in [-0.05, 0) is 50.5 Å². The van der Waals surface area contributed by atoms with E-state index in [-0.39, 0.29) is 12.1 Å². The molecule has 33 heavy (non-hydrogen) atoms. The quantitative estimate of drug-likeness (QED) is 0.696. The van der Waals surface area contributed by atoms with Crippen LogP contribution in [0.4, 0.5) is 11.6 Å². The summed E-state index contributed by atoms with van der Waals surface area (Å²) in [5, 5.41) is 14.4. The van der Waals surface area contributed by atoms with Gasteiger partial charge in [0, 0.05) is 31.2 Å². The van der Waals surface area contributed by atoms with Crippen molar-refractivity contribution in [1.82, 2.24) is 15.0 Å². The minimum absolute atomic E-state index is 0.131. The van der Waals surface area contributed by atoms with Gasteiger partial charge in [-0.25, -0.2) is 15.0 Å². The Balaban J connectivity index is 1.19. The first-order valence-electron chi connectivity index (χ1n) is 12.0. The number of ether oxygens (including phenoxy) is 2. The number of rotatable bonds is 4. The van der Waals surface area contributed by atoms with Gasteiger partial charge in [0.1, 0.15) is 10.7 Å². The summed E-state index contributed by atoms with van der Waals surface area (Å²) in [6.07, 6.45) is 10.6. The molecular formula is C24H31N5O3S. The number of fused-ring (bicyclic) bond motifs is 1. The van der Waals surface area contributed by atoms with Gasteiger partial charge < -0.3 is 24.8 Å². The molecule has 9 heteroatoms. The minimum atomic E-state index is -0.131. The molecule has 2 aromatic rings. The first-order chi connectivity index (χ1) is 16.1. The van der Waals surface area contributed by atoms with Crippen molar-refractivity contribution in [2.24, 2.45) is 5.41 Å². The van der Waals surface area contributed by atoms with Gasteiger partial charge in [0.25, 0.3) is 0 Å². The van der Waals surface area contributed by atoms with E-state index in [0.717, 1.165) is 72.7 Å². The normalized spacial score (nSPS) is 24.8. The average molecular weight is 470 g/mol. The standard InChI is InChI=1S/C24H31N5O3S/c1-16-12-23(15-32-16)5-9-29(10-6-23)22-17(14-30)27-19(13-26-22)33-18-2-8-25-21-20(18)31-11-7-24(28-21)3-4-24/h2,8,13,16,30H,3-7,9-12,14-15H2,1H3,(H,25,28)/t16-/m0/s1. The molecule has 1 aliphatic carbocycles. The number of aromatic nitrogens is 3. The lowest BCUT2D eigenvalue weighted by Gasteiger charge is -2.39. The Kier molecular flexibility index (Phi) is 5.38. The van der Waals surface area contributed by atoms with Gasteiger partial charge in [-0.3, -0.25) is 0 Å². The summed E-state index contributed by atoms with van der Waals surface area (Å²) < 4.78 is 12.0. The summed E-state index contributed by atoms with van der Waals surface area (Å²) >= 11 is 1.51. The molecule has 4 aliphatic rings. The predicted octanol–water partition coefficient (Wildman–Crippen LogP) is 3.64. The maximum absolute atomic E-state index is 10.1. The van der Waals surface area contributed by atoms with E-state index in [4.69, 9.17) is 19.4 Å². The molecule has 2 N–H and O–H groups in total. The molecule has 0 radical (unpaired) electrons. The maximum atomic E-state index is 10.1. The van der Waals surface area contributed by atoms with E-state index in [2.05, 4.69) is 22.1 Å². The summed E-state index contributed by atoms with van der Waals surface area (Å²) in [6, 6.07) is 1.96. The molecule has 2 saturated heterocycles. The third-order valence-corrected chi connectivity index (χ3v) is 8.56. The van der Waals surface area contributed by atoms with Crippen LogP contribution in [0.5, 0.6) is 5.75 Å². The summed E-state index contributed by atoms with van der Waals surface area (Å²) in [4.78, 5) is 17.3. The van der Waals surface area contributed by atoms with Crippen molar-refractivity contribution in [2.75, 3.05) is 36.5 Å². The predicted molar refractivity (Wildman–Crippen MR) is 126 cm³/mol. The largest absolute Gasteiger partial charge is 0.488 e. The monoisotopic (exact) mass is 469 g/mol. The maximum Gasteiger partial charge on any atom is 0.175 e. The second kappa shape index (κ2) is 8.29. The van der Waals surface area contributed by atoms with Gasteiger partial charge in [0.15, 0.2) is 17.4 Å². The molecule has 5 heterocycles. The van der Waals surface area contributed by atoms with Gasteiger partial charge >= 0.3 is 0 Å². The molecule has 176 valence electrons. The lowest BCUT2D eigenvalue weighted by atomic mass is 9.77. The van der Waals surface area contributed by atoms with Crippen LogP contribution in [0.3, 0.4) is 0 Å².